The molecule has 2 N–H and O–H groups in total. The van der Waals surface area contributed by atoms with Crippen LogP contribution in [0.5, 0.6) is 0 Å². The van der Waals surface area contributed by atoms with Crippen molar-refractivity contribution < 1.29 is 4.79 Å². The first kappa shape index (κ1) is 14.4. The molecule has 0 saturated carbocycles. The topological polar surface area (TPSA) is 46.3 Å². The predicted molar refractivity (Wildman–Crippen MR) is 74.7 cm³/mol. The van der Waals surface area contributed by atoms with Gasteiger partial charge in [-0.05, 0) is 31.6 Å². The fourth-order valence-corrected chi connectivity index (χ4v) is 2.24. The number of thiocarbonyl (C=S) groups is 1. The number of carbonyl (C=O) groups is 1. The summed E-state index contributed by atoms with van der Waals surface area (Å²) in [5.74, 6) is 0.630. The highest BCUT2D eigenvalue weighted by molar-refractivity contribution is 7.80. The van der Waals surface area contributed by atoms with E-state index < -0.39 is 5.41 Å². The van der Waals surface area contributed by atoms with Crippen LogP contribution >= 0.6 is 12.2 Å². The van der Waals surface area contributed by atoms with E-state index >= 15 is 0 Å². The number of hydrogen-bond acceptors (Lipinski definition) is 2. The van der Waals surface area contributed by atoms with Crippen molar-refractivity contribution in [2.24, 2.45) is 22.5 Å². The van der Waals surface area contributed by atoms with Crippen LogP contribution < -0.4 is 5.73 Å². The Bertz CT molecular complexity index is 331. The van der Waals surface area contributed by atoms with Gasteiger partial charge >= 0.3 is 0 Å². The Kier molecular flexibility index (Phi) is 3.87. The molecule has 0 aliphatic carbocycles. The van der Waals surface area contributed by atoms with Gasteiger partial charge in [0.25, 0.3) is 0 Å². The highest BCUT2D eigenvalue weighted by Gasteiger charge is 2.40. The van der Waals surface area contributed by atoms with Crippen molar-refractivity contribution >= 4 is 23.1 Å². The molecule has 1 aliphatic rings. The number of hydrogen-bond donors (Lipinski definition) is 1. The highest BCUT2D eigenvalue weighted by Crippen LogP contribution is 2.35. The van der Waals surface area contributed by atoms with E-state index in [0.717, 1.165) is 19.5 Å². The molecule has 4 heteroatoms. The Morgan fingerprint density at radius 3 is 2.18 bits per heavy atom. The molecule has 1 rings (SSSR count). The molecule has 1 saturated heterocycles. The summed E-state index contributed by atoms with van der Waals surface area (Å²) in [6.45, 7) is 11.9. The average Bonchev–Trinajstić information content (AvgIpc) is 2.63. The van der Waals surface area contributed by atoms with Gasteiger partial charge in [-0.2, -0.15) is 0 Å². The lowest BCUT2D eigenvalue weighted by Gasteiger charge is -2.30. The molecule has 0 radical (unpaired) electrons. The fourth-order valence-electron chi connectivity index (χ4n) is 2.15. The van der Waals surface area contributed by atoms with Crippen LogP contribution in [-0.2, 0) is 4.79 Å². The molecule has 0 aromatic heterocycles. The maximum absolute atomic E-state index is 12.3. The van der Waals surface area contributed by atoms with E-state index in [9.17, 15) is 4.79 Å². The van der Waals surface area contributed by atoms with Crippen molar-refractivity contribution in [3.05, 3.63) is 0 Å². The Balaban J connectivity index is 2.73. The summed E-state index contributed by atoms with van der Waals surface area (Å²) in [5.41, 5.74) is 5.18. The summed E-state index contributed by atoms with van der Waals surface area (Å²) < 4.78 is 0. The molecule has 1 atom stereocenters. The van der Waals surface area contributed by atoms with Gasteiger partial charge in [-0.25, -0.2) is 0 Å². The normalized spacial score (nSPS) is 21.7. The third kappa shape index (κ3) is 2.97. The predicted octanol–water partition coefficient (Wildman–Crippen LogP) is 2.19. The molecule has 98 valence electrons. The zero-order valence-electron chi connectivity index (χ0n) is 11.5. The molecule has 0 bridgehead atoms. The van der Waals surface area contributed by atoms with E-state index in [4.69, 9.17) is 18.0 Å². The third-order valence-corrected chi connectivity index (χ3v) is 4.36. The summed E-state index contributed by atoms with van der Waals surface area (Å²) >= 11 is 4.98. The Morgan fingerprint density at radius 2 is 1.82 bits per heavy atom. The van der Waals surface area contributed by atoms with Crippen molar-refractivity contribution in [3.63, 3.8) is 0 Å². The second-order valence-corrected chi connectivity index (χ2v) is 7.03. The Morgan fingerprint density at radius 1 is 1.29 bits per heavy atom. The number of amides is 1. The molecule has 1 heterocycles. The second-order valence-electron chi connectivity index (χ2n) is 6.59. The van der Waals surface area contributed by atoms with Gasteiger partial charge in [-0.3, -0.25) is 4.79 Å². The summed E-state index contributed by atoms with van der Waals surface area (Å²) in [6.07, 6.45) is 1.07. The van der Waals surface area contributed by atoms with Crippen molar-refractivity contribution in [1.29, 1.82) is 0 Å². The van der Waals surface area contributed by atoms with Crippen LogP contribution in [0.15, 0.2) is 0 Å². The molecule has 1 unspecified atom stereocenters. The molecule has 0 aromatic rings. The summed E-state index contributed by atoms with van der Waals surface area (Å²) in [5, 5.41) is 0. The molecule has 17 heavy (non-hydrogen) atoms. The first-order chi connectivity index (χ1) is 7.56. The first-order valence-corrected chi connectivity index (χ1v) is 6.57. The quantitative estimate of drug-likeness (QED) is 0.770. The lowest BCUT2D eigenvalue weighted by atomic mass is 9.80. The van der Waals surface area contributed by atoms with Crippen LogP contribution in [0.25, 0.3) is 0 Å². The zero-order chi connectivity index (χ0) is 13.4. The molecule has 3 nitrogen and oxygen atoms in total. The minimum Gasteiger partial charge on any atom is -0.392 e. The monoisotopic (exact) mass is 256 g/mol. The van der Waals surface area contributed by atoms with Crippen LogP contribution in [0.3, 0.4) is 0 Å². The maximum atomic E-state index is 12.3. The van der Waals surface area contributed by atoms with Gasteiger partial charge in [-0.15, -0.1) is 0 Å². The lowest BCUT2D eigenvalue weighted by Crippen LogP contribution is -2.46. The minimum atomic E-state index is -0.720. The summed E-state index contributed by atoms with van der Waals surface area (Å²) in [4.78, 5) is 14.5. The van der Waals surface area contributed by atoms with E-state index in [-0.39, 0.29) is 16.3 Å². The van der Waals surface area contributed by atoms with E-state index in [0.29, 0.717) is 5.92 Å². The number of carbonyl (C=O) groups excluding carboxylic acids is 1. The van der Waals surface area contributed by atoms with Crippen molar-refractivity contribution in [1.82, 2.24) is 4.90 Å². The smallest absolute Gasteiger partial charge is 0.235 e. The number of nitrogens with zero attached hydrogens (tertiary/aromatic N) is 1. The van der Waals surface area contributed by atoms with Gasteiger partial charge in [0, 0.05) is 13.1 Å². The van der Waals surface area contributed by atoms with Crippen LogP contribution in [0, 0.1) is 16.7 Å². The van der Waals surface area contributed by atoms with Gasteiger partial charge in [0.1, 0.15) is 0 Å². The van der Waals surface area contributed by atoms with E-state index in [2.05, 4.69) is 20.8 Å². The van der Waals surface area contributed by atoms with E-state index in [1.165, 1.54) is 0 Å². The standard InChI is InChI=1S/C13H24N2OS/c1-12(2,3)9-6-7-15(8-9)11(16)13(4,5)10(14)17/h9H,6-8H2,1-5H3,(H2,14,17). The van der Waals surface area contributed by atoms with Gasteiger partial charge in [0.05, 0.1) is 10.4 Å². The SMILES string of the molecule is CC(C)(C(=O)N1CCC(C(C)(C)C)C1)C(N)=S. The molecule has 1 aliphatic heterocycles. The molecular weight excluding hydrogens is 232 g/mol. The minimum absolute atomic E-state index is 0.0664. The van der Waals surface area contributed by atoms with E-state index in [1.54, 1.807) is 0 Å². The largest absolute Gasteiger partial charge is 0.392 e. The maximum Gasteiger partial charge on any atom is 0.235 e. The molecule has 1 fully saturated rings. The van der Waals surface area contributed by atoms with Crippen molar-refractivity contribution in [3.8, 4) is 0 Å². The fraction of sp³-hybridized carbons (Fsp3) is 0.846. The van der Waals surface area contributed by atoms with Crippen molar-refractivity contribution in [2.75, 3.05) is 13.1 Å². The van der Waals surface area contributed by atoms with Crippen molar-refractivity contribution in [2.45, 2.75) is 41.0 Å². The Labute approximate surface area is 110 Å². The molecule has 0 aromatic carbocycles. The highest BCUT2D eigenvalue weighted by atomic mass is 32.1. The molecule has 1 amide bonds. The van der Waals surface area contributed by atoms with Gasteiger partial charge in [0.2, 0.25) is 5.91 Å². The number of likely N-dealkylation sites (tertiary alicyclic amines) is 1. The number of nitrogens with two attached hydrogens (primary N) is 1. The zero-order valence-corrected chi connectivity index (χ0v) is 12.4. The van der Waals surface area contributed by atoms with Crippen LogP contribution in [0.4, 0.5) is 0 Å². The lowest BCUT2D eigenvalue weighted by molar-refractivity contribution is -0.136. The van der Waals surface area contributed by atoms with Gasteiger partial charge < -0.3 is 10.6 Å². The van der Waals surface area contributed by atoms with E-state index in [1.807, 2.05) is 18.7 Å². The second kappa shape index (κ2) is 4.56. The van der Waals surface area contributed by atoms with Gasteiger partial charge in [0.15, 0.2) is 0 Å². The summed E-state index contributed by atoms with van der Waals surface area (Å²) in [7, 11) is 0. The van der Waals surface area contributed by atoms with Gasteiger partial charge in [-0.1, -0.05) is 33.0 Å². The number of rotatable bonds is 2. The average molecular weight is 256 g/mol. The molecule has 0 spiro atoms. The van der Waals surface area contributed by atoms with Crippen LogP contribution in [-0.4, -0.2) is 28.9 Å². The Hall–Kier alpha value is -0.640. The summed E-state index contributed by atoms with van der Waals surface area (Å²) in [6, 6.07) is 0. The molecular formula is C13H24N2OS. The third-order valence-electron chi connectivity index (χ3n) is 3.85. The van der Waals surface area contributed by atoms with Crippen LogP contribution in [0.1, 0.15) is 41.0 Å². The first-order valence-electron chi connectivity index (χ1n) is 6.16. The van der Waals surface area contributed by atoms with Crippen LogP contribution in [0.2, 0.25) is 0 Å².